The Balaban J connectivity index is 2.25. The van der Waals surface area contributed by atoms with Gasteiger partial charge < -0.3 is 10.1 Å². The molecule has 0 bridgehead atoms. The predicted molar refractivity (Wildman–Crippen MR) is 57.7 cm³/mol. The quantitative estimate of drug-likeness (QED) is 0.556. The van der Waals surface area contributed by atoms with Gasteiger partial charge in [-0.25, -0.2) is 0 Å². The molecule has 0 radical (unpaired) electrons. The van der Waals surface area contributed by atoms with Gasteiger partial charge >= 0.3 is 0 Å². The van der Waals surface area contributed by atoms with Crippen LogP contribution in [0, 0.1) is 0 Å². The number of hydrogen-bond donors (Lipinski definition) is 2. The monoisotopic (exact) mass is 197 g/mol. The summed E-state index contributed by atoms with van der Waals surface area (Å²) in [5.74, 6) is 0.899. The van der Waals surface area contributed by atoms with Crippen molar-refractivity contribution < 1.29 is 4.74 Å². The molecule has 3 heteroatoms. The fraction of sp³-hybridized carbons (Fsp3) is 0.400. The van der Waals surface area contributed by atoms with E-state index in [1.54, 1.807) is 0 Å². The Morgan fingerprint density at radius 2 is 2.00 bits per heavy atom. The van der Waals surface area contributed by atoms with Gasteiger partial charge in [0.2, 0.25) is 0 Å². The van der Waals surface area contributed by atoms with E-state index >= 15 is 0 Å². The van der Waals surface area contributed by atoms with Crippen LogP contribution < -0.4 is 10.1 Å². The van der Waals surface area contributed by atoms with Crippen LogP contribution in [0.4, 0.5) is 0 Å². The van der Waals surface area contributed by atoms with Crippen LogP contribution in [-0.2, 0) is 0 Å². The molecule has 0 unspecified atom stereocenters. The van der Waals surface area contributed by atoms with Gasteiger partial charge in [0.1, 0.15) is 12.4 Å². The Labute approximate surface area is 84.7 Å². The minimum absolute atomic E-state index is 0.708. The molecular formula is C10H15NOS. The van der Waals surface area contributed by atoms with Crippen molar-refractivity contribution in [2.75, 3.05) is 19.7 Å². The topological polar surface area (TPSA) is 21.3 Å². The second kappa shape index (κ2) is 5.89. The van der Waals surface area contributed by atoms with Crippen LogP contribution in [0.25, 0.3) is 0 Å². The SMILES string of the molecule is CCNCCOc1ccc(S)cc1. The van der Waals surface area contributed by atoms with Crippen LogP contribution in [0.2, 0.25) is 0 Å². The number of benzene rings is 1. The molecule has 0 fully saturated rings. The van der Waals surface area contributed by atoms with Crippen LogP contribution >= 0.6 is 12.6 Å². The lowest BCUT2D eigenvalue weighted by Crippen LogP contribution is -2.20. The van der Waals surface area contributed by atoms with Gasteiger partial charge in [-0.05, 0) is 30.8 Å². The molecule has 0 aliphatic carbocycles. The zero-order valence-corrected chi connectivity index (χ0v) is 8.68. The van der Waals surface area contributed by atoms with Crippen molar-refractivity contribution in [3.05, 3.63) is 24.3 Å². The smallest absolute Gasteiger partial charge is 0.119 e. The maximum atomic E-state index is 5.47. The minimum Gasteiger partial charge on any atom is -0.492 e. The van der Waals surface area contributed by atoms with Crippen molar-refractivity contribution >= 4 is 12.6 Å². The largest absolute Gasteiger partial charge is 0.492 e. The van der Waals surface area contributed by atoms with Gasteiger partial charge in [-0.2, -0.15) is 0 Å². The average molecular weight is 197 g/mol. The highest BCUT2D eigenvalue weighted by Crippen LogP contribution is 2.13. The molecule has 0 spiro atoms. The van der Waals surface area contributed by atoms with Gasteiger partial charge in [0.05, 0.1) is 0 Å². The van der Waals surface area contributed by atoms with Gasteiger partial charge in [-0.3, -0.25) is 0 Å². The van der Waals surface area contributed by atoms with Crippen molar-refractivity contribution in [3.8, 4) is 5.75 Å². The third kappa shape index (κ3) is 4.20. The van der Waals surface area contributed by atoms with E-state index in [9.17, 15) is 0 Å². The summed E-state index contributed by atoms with van der Waals surface area (Å²) >= 11 is 4.19. The molecule has 13 heavy (non-hydrogen) atoms. The molecule has 0 saturated heterocycles. The molecule has 72 valence electrons. The fourth-order valence-corrected chi connectivity index (χ4v) is 1.11. The summed E-state index contributed by atoms with van der Waals surface area (Å²) in [7, 11) is 0. The molecule has 0 heterocycles. The van der Waals surface area contributed by atoms with Gasteiger partial charge in [0.25, 0.3) is 0 Å². The Hall–Kier alpha value is -0.670. The minimum atomic E-state index is 0.708. The second-order valence-electron chi connectivity index (χ2n) is 2.70. The zero-order valence-electron chi connectivity index (χ0n) is 7.79. The zero-order chi connectivity index (χ0) is 9.52. The molecule has 1 N–H and O–H groups in total. The first-order valence-corrected chi connectivity index (χ1v) is 4.90. The first-order valence-electron chi connectivity index (χ1n) is 4.45. The first kappa shape index (κ1) is 10.4. The summed E-state index contributed by atoms with van der Waals surface area (Å²) < 4.78 is 5.47. The molecule has 1 aromatic rings. The lowest BCUT2D eigenvalue weighted by atomic mass is 10.3. The summed E-state index contributed by atoms with van der Waals surface area (Å²) in [5, 5.41) is 3.19. The average Bonchev–Trinajstić information content (AvgIpc) is 2.15. The van der Waals surface area contributed by atoms with E-state index in [1.807, 2.05) is 24.3 Å². The Bertz CT molecular complexity index is 235. The molecule has 0 aliphatic heterocycles. The van der Waals surface area contributed by atoms with Crippen LogP contribution in [0.5, 0.6) is 5.75 Å². The highest BCUT2D eigenvalue weighted by molar-refractivity contribution is 7.80. The molecule has 0 aliphatic rings. The number of nitrogens with one attached hydrogen (secondary N) is 1. The van der Waals surface area contributed by atoms with Crippen LogP contribution in [0.3, 0.4) is 0 Å². The number of ether oxygens (including phenoxy) is 1. The second-order valence-corrected chi connectivity index (χ2v) is 3.21. The summed E-state index contributed by atoms with van der Waals surface area (Å²) in [4.78, 5) is 0.957. The summed E-state index contributed by atoms with van der Waals surface area (Å²) in [5.41, 5.74) is 0. The number of hydrogen-bond acceptors (Lipinski definition) is 3. The van der Waals surface area contributed by atoms with Crippen molar-refractivity contribution in [3.63, 3.8) is 0 Å². The molecular weight excluding hydrogens is 182 g/mol. The Kier molecular flexibility index (Phi) is 4.72. The van der Waals surface area contributed by atoms with E-state index < -0.39 is 0 Å². The molecule has 1 aromatic carbocycles. The van der Waals surface area contributed by atoms with Crippen LogP contribution in [0.1, 0.15) is 6.92 Å². The third-order valence-corrected chi connectivity index (χ3v) is 1.93. The maximum Gasteiger partial charge on any atom is 0.119 e. The van der Waals surface area contributed by atoms with Gasteiger partial charge in [0.15, 0.2) is 0 Å². The van der Waals surface area contributed by atoms with Crippen molar-refractivity contribution in [2.24, 2.45) is 0 Å². The van der Waals surface area contributed by atoms with Crippen molar-refractivity contribution in [1.82, 2.24) is 5.32 Å². The molecule has 0 saturated carbocycles. The molecule has 1 rings (SSSR count). The first-order chi connectivity index (χ1) is 6.33. The van der Waals surface area contributed by atoms with E-state index in [0.717, 1.165) is 23.7 Å². The van der Waals surface area contributed by atoms with E-state index in [-0.39, 0.29) is 0 Å². The van der Waals surface area contributed by atoms with Crippen molar-refractivity contribution in [2.45, 2.75) is 11.8 Å². The summed E-state index contributed by atoms with van der Waals surface area (Å²) in [6.07, 6.45) is 0. The van der Waals surface area contributed by atoms with Crippen molar-refractivity contribution in [1.29, 1.82) is 0 Å². The predicted octanol–water partition coefficient (Wildman–Crippen LogP) is 1.96. The number of rotatable bonds is 5. The van der Waals surface area contributed by atoms with Gasteiger partial charge in [-0.15, -0.1) is 12.6 Å². The van der Waals surface area contributed by atoms with Crippen LogP contribution in [0.15, 0.2) is 29.2 Å². The third-order valence-electron chi connectivity index (χ3n) is 1.63. The van der Waals surface area contributed by atoms with E-state index in [1.165, 1.54) is 0 Å². The Morgan fingerprint density at radius 3 is 2.62 bits per heavy atom. The van der Waals surface area contributed by atoms with Gasteiger partial charge in [-0.1, -0.05) is 6.92 Å². The Morgan fingerprint density at radius 1 is 1.31 bits per heavy atom. The highest BCUT2D eigenvalue weighted by atomic mass is 32.1. The van der Waals surface area contributed by atoms with E-state index in [2.05, 4.69) is 24.9 Å². The van der Waals surface area contributed by atoms with E-state index in [4.69, 9.17) is 4.74 Å². The summed E-state index contributed by atoms with van der Waals surface area (Å²) in [6, 6.07) is 7.69. The molecule has 0 amide bonds. The molecule has 2 nitrogen and oxygen atoms in total. The summed E-state index contributed by atoms with van der Waals surface area (Å²) in [6.45, 7) is 4.66. The highest BCUT2D eigenvalue weighted by Gasteiger charge is 1.91. The number of likely N-dealkylation sites (N-methyl/N-ethyl adjacent to an activating group) is 1. The lowest BCUT2D eigenvalue weighted by Gasteiger charge is -2.05. The van der Waals surface area contributed by atoms with Gasteiger partial charge in [0, 0.05) is 11.4 Å². The number of thiol groups is 1. The normalized spacial score (nSPS) is 10.0. The fourth-order valence-electron chi connectivity index (χ4n) is 0.960. The van der Waals surface area contributed by atoms with E-state index in [0.29, 0.717) is 6.61 Å². The standard InChI is InChI=1S/C10H15NOS/c1-2-11-7-8-12-9-3-5-10(13)6-4-9/h3-6,11,13H,2,7-8H2,1H3. The van der Waals surface area contributed by atoms with Crippen LogP contribution in [-0.4, -0.2) is 19.7 Å². The molecule has 0 aromatic heterocycles. The molecule has 0 atom stereocenters. The lowest BCUT2D eigenvalue weighted by molar-refractivity contribution is 0.315. The maximum absolute atomic E-state index is 5.47.